The first kappa shape index (κ1) is 10.9. The summed E-state index contributed by atoms with van der Waals surface area (Å²) in [6.45, 7) is 0.694. The molecule has 0 radical (unpaired) electrons. The van der Waals surface area contributed by atoms with Crippen LogP contribution in [0.25, 0.3) is 11.5 Å². The number of aromatic nitrogens is 3. The van der Waals surface area contributed by atoms with Crippen molar-refractivity contribution in [1.82, 2.24) is 15.1 Å². The second-order valence-electron chi connectivity index (χ2n) is 4.36. The maximum absolute atomic E-state index is 5.76. The Morgan fingerprint density at radius 3 is 3.18 bits per heavy atom. The van der Waals surface area contributed by atoms with E-state index in [0.717, 1.165) is 24.4 Å². The van der Waals surface area contributed by atoms with Crippen LogP contribution >= 0.6 is 11.3 Å². The summed E-state index contributed by atoms with van der Waals surface area (Å²) in [5, 5.41) is 5.91. The molecule has 90 valence electrons. The summed E-state index contributed by atoms with van der Waals surface area (Å²) in [5.41, 5.74) is 8.31. The lowest BCUT2D eigenvalue weighted by molar-refractivity contribution is 0.326. The molecule has 0 saturated heterocycles. The predicted molar refractivity (Wildman–Crippen MR) is 64.5 cm³/mol. The summed E-state index contributed by atoms with van der Waals surface area (Å²) < 4.78 is 5.35. The quantitative estimate of drug-likeness (QED) is 0.901. The second-order valence-corrected chi connectivity index (χ2v) is 5.08. The zero-order valence-electron chi connectivity index (χ0n) is 9.37. The molecule has 0 aliphatic heterocycles. The minimum absolute atomic E-state index is 0.333. The molecular weight excluding hydrogens is 236 g/mol. The number of hydrogen-bond donors (Lipinski definition) is 1. The highest BCUT2D eigenvalue weighted by Gasteiger charge is 2.32. The average Bonchev–Trinajstić information content (AvgIpc) is 3.09. The first-order chi connectivity index (χ1) is 8.38. The van der Waals surface area contributed by atoms with Gasteiger partial charge in [-0.3, -0.25) is 0 Å². The molecular formula is C11H14N4OS. The molecule has 1 saturated carbocycles. The van der Waals surface area contributed by atoms with Gasteiger partial charge in [-0.1, -0.05) is 11.6 Å². The summed E-state index contributed by atoms with van der Waals surface area (Å²) in [6, 6.07) is 0. The number of rotatable bonds is 3. The molecule has 0 aromatic carbocycles. The van der Waals surface area contributed by atoms with Crippen LogP contribution in [-0.2, 0) is 0 Å². The van der Waals surface area contributed by atoms with Gasteiger partial charge >= 0.3 is 0 Å². The van der Waals surface area contributed by atoms with Gasteiger partial charge in [-0.05, 0) is 25.3 Å². The summed E-state index contributed by atoms with van der Waals surface area (Å²) in [5.74, 6) is 2.13. The van der Waals surface area contributed by atoms with Crippen molar-refractivity contribution in [3.8, 4) is 11.5 Å². The molecule has 0 spiro atoms. The molecule has 6 heteroatoms. The van der Waals surface area contributed by atoms with Crippen LogP contribution in [0.5, 0.6) is 0 Å². The van der Waals surface area contributed by atoms with Crippen LogP contribution in [0.4, 0.5) is 0 Å². The fraction of sp³-hybridized carbons (Fsp3) is 0.545. The molecule has 3 rings (SSSR count). The third kappa shape index (κ3) is 1.98. The Morgan fingerprint density at radius 1 is 1.47 bits per heavy atom. The normalized spacial score (nSPS) is 24.3. The molecule has 2 atom stereocenters. The summed E-state index contributed by atoms with van der Waals surface area (Å²) in [7, 11) is 0. The van der Waals surface area contributed by atoms with Gasteiger partial charge in [0.1, 0.15) is 5.69 Å². The van der Waals surface area contributed by atoms with Crippen molar-refractivity contribution in [2.45, 2.75) is 25.2 Å². The lowest BCUT2D eigenvalue weighted by atomic mass is 9.96. The molecule has 17 heavy (non-hydrogen) atoms. The molecule has 0 amide bonds. The van der Waals surface area contributed by atoms with E-state index in [1.807, 2.05) is 5.38 Å². The highest BCUT2D eigenvalue weighted by Crippen LogP contribution is 2.38. The van der Waals surface area contributed by atoms with Gasteiger partial charge in [-0.25, -0.2) is 4.98 Å². The van der Waals surface area contributed by atoms with E-state index in [4.69, 9.17) is 10.3 Å². The summed E-state index contributed by atoms with van der Waals surface area (Å²) >= 11 is 1.53. The Bertz CT molecular complexity index is 481. The van der Waals surface area contributed by atoms with E-state index in [2.05, 4.69) is 15.1 Å². The minimum Gasteiger partial charge on any atom is -0.339 e. The van der Waals surface area contributed by atoms with E-state index < -0.39 is 0 Å². The van der Waals surface area contributed by atoms with Crippen LogP contribution in [0.2, 0.25) is 0 Å². The van der Waals surface area contributed by atoms with Crippen LogP contribution in [0.3, 0.4) is 0 Å². The van der Waals surface area contributed by atoms with Crippen LogP contribution in [0, 0.1) is 5.92 Å². The number of nitrogens with zero attached hydrogens (tertiary/aromatic N) is 3. The topological polar surface area (TPSA) is 77.8 Å². The van der Waals surface area contributed by atoms with Crippen molar-refractivity contribution >= 4 is 11.3 Å². The van der Waals surface area contributed by atoms with E-state index >= 15 is 0 Å². The van der Waals surface area contributed by atoms with E-state index in [9.17, 15) is 0 Å². The average molecular weight is 250 g/mol. The fourth-order valence-electron chi connectivity index (χ4n) is 2.46. The Morgan fingerprint density at radius 2 is 2.41 bits per heavy atom. The van der Waals surface area contributed by atoms with Crippen LogP contribution in [0.15, 0.2) is 15.4 Å². The molecule has 2 aromatic rings. The van der Waals surface area contributed by atoms with Crippen molar-refractivity contribution in [2.75, 3.05) is 6.54 Å². The number of nitrogens with two attached hydrogens (primary N) is 1. The number of hydrogen-bond acceptors (Lipinski definition) is 6. The van der Waals surface area contributed by atoms with Gasteiger partial charge in [-0.15, -0.1) is 11.3 Å². The van der Waals surface area contributed by atoms with Gasteiger partial charge in [-0.2, -0.15) is 4.98 Å². The SMILES string of the molecule is NCC1CCCC1c1nc(-c2cscn2)no1. The lowest BCUT2D eigenvalue weighted by Crippen LogP contribution is -2.17. The largest absolute Gasteiger partial charge is 0.339 e. The Kier molecular flexibility index (Phi) is 2.90. The molecule has 2 aromatic heterocycles. The van der Waals surface area contributed by atoms with E-state index in [1.54, 1.807) is 5.51 Å². The lowest BCUT2D eigenvalue weighted by Gasteiger charge is -2.12. The van der Waals surface area contributed by atoms with E-state index in [-0.39, 0.29) is 0 Å². The van der Waals surface area contributed by atoms with Crippen molar-refractivity contribution in [1.29, 1.82) is 0 Å². The number of thiazole rings is 1. The third-order valence-electron chi connectivity index (χ3n) is 3.38. The van der Waals surface area contributed by atoms with Crippen molar-refractivity contribution in [3.05, 3.63) is 16.8 Å². The second kappa shape index (κ2) is 4.54. The maximum atomic E-state index is 5.76. The first-order valence-corrected chi connectivity index (χ1v) is 6.75. The molecule has 2 N–H and O–H groups in total. The van der Waals surface area contributed by atoms with Gasteiger partial charge in [0.2, 0.25) is 11.7 Å². The molecule has 0 bridgehead atoms. The first-order valence-electron chi connectivity index (χ1n) is 5.80. The van der Waals surface area contributed by atoms with Gasteiger partial charge < -0.3 is 10.3 Å². The minimum atomic E-state index is 0.333. The summed E-state index contributed by atoms with van der Waals surface area (Å²) in [6.07, 6.45) is 3.46. The highest BCUT2D eigenvalue weighted by molar-refractivity contribution is 7.07. The Hall–Kier alpha value is -1.27. The smallest absolute Gasteiger partial charge is 0.230 e. The van der Waals surface area contributed by atoms with Gasteiger partial charge in [0.05, 0.1) is 5.51 Å². The van der Waals surface area contributed by atoms with Gasteiger partial charge in [0.25, 0.3) is 0 Å². The zero-order chi connectivity index (χ0) is 11.7. The Labute approximate surface area is 103 Å². The summed E-state index contributed by atoms with van der Waals surface area (Å²) in [4.78, 5) is 8.62. The van der Waals surface area contributed by atoms with Gasteiger partial charge in [0, 0.05) is 11.3 Å². The standard InChI is InChI=1S/C11H14N4OS/c12-4-7-2-1-3-8(7)11-14-10(15-16-11)9-5-17-6-13-9/h5-8H,1-4,12H2. The molecule has 5 nitrogen and oxygen atoms in total. The molecule has 2 heterocycles. The van der Waals surface area contributed by atoms with Crippen molar-refractivity contribution < 1.29 is 4.52 Å². The van der Waals surface area contributed by atoms with Crippen molar-refractivity contribution in [3.63, 3.8) is 0 Å². The van der Waals surface area contributed by atoms with Crippen molar-refractivity contribution in [2.24, 2.45) is 11.7 Å². The fourth-order valence-corrected chi connectivity index (χ4v) is 2.99. The van der Waals surface area contributed by atoms with E-state index in [0.29, 0.717) is 24.2 Å². The highest BCUT2D eigenvalue weighted by atomic mass is 32.1. The zero-order valence-corrected chi connectivity index (χ0v) is 10.2. The molecule has 1 fully saturated rings. The van der Waals surface area contributed by atoms with Gasteiger partial charge in [0.15, 0.2) is 0 Å². The molecule has 2 unspecified atom stereocenters. The Balaban J connectivity index is 1.85. The van der Waals surface area contributed by atoms with Crippen LogP contribution < -0.4 is 5.73 Å². The monoisotopic (exact) mass is 250 g/mol. The van der Waals surface area contributed by atoms with E-state index in [1.165, 1.54) is 17.8 Å². The van der Waals surface area contributed by atoms with Crippen LogP contribution in [0.1, 0.15) is 31.1 Å². The molecule has 1 aliphatic rings. The van der Waals surface area contributed by atoms with Crippen LogP contribution in [-0.4, -0.2) is 21.7 Å². The maximum Gasteiger partial charge on any atom is 0.230 e. The predicted octanol–water partition coefficient (Wildman–Crippen LogP) is 2.04. The molecule has 1 aliphatic carbocycles. The third-order valence-corrected chi connectivity index (χ3v) is 3.97.